The van der Waals surface area contributed by atoms with Gasteiger partial charge in [0.2, 0.25) is 17.8 Å². The molecule has 12 heteroatoms. The quantitative estimate of drug-likeness (QED) is 0.195. The van der Waals surface area contributed by atoms with Gasteiger partial charge in [0.1, 0.15) is 5.82 Å². The van der Waals surface area contributed by atoms with Crippen LogP contribution in [0.25, 0.3) is 0 Å². The number of nitrogens with zero attached hydrogens (tertiary/aromatic N) is 6. The minimum atomic E-state index is -0.704. The largest absolute Gasteiger partial charge is 0.324 e. The molecular formula is C28H33N9O3. The summed E-state index contributed by atoms with van der Waals surface area (Å²) >= 11 is 0. The van der Waals surface area contributed by atoms with Crippen LogP contribution in [-0.4, -0.2) is 44.8 Å². The monoisotopic (exact) mass is 543 g/mol. The lowest BCUT2D eigenvalue weighted by Crippen LogP contribution is -2.47. The molecule has 208 valence electrons. The molecule has 0 aliphatic carbocycles. The Morgan fingerprint density at radius 2 is 1.65 bits per heavy atom. The van der Waals surface area contributed by atoms with E-state index in [4.69, 9.17) is 10.7 Å². The molecular weight excluding hydrogens is 510 g/mol. The van der Waals surface area contributed by atoms with E-state index in [1.807, 2.05) is 45.0 Å². The first kappa shape index (κ1) is 28.5. The van der Waals surface area contributed by atoms with Gasteiger partial charge in [-0.05, 0) is 76.4 Å². The third-order valence-corrected chi connectivity index (χ3v) is 6.59. The SMILES string of the molecule is CCN1C(=O)C(N=Nc2cc(Nc3nc(C)nc(Nc4ccc(C)cc4C)n3)ccc2C)=C(C)C(CON)C1=O. The number of nitrogens with one attached hydrogen (secondary N) is 2. The maximum absolute atomic E-state index is 13.0. The Morgan fingerprint density at radius 1 is 0.925 bits per heavy atom. The van der Waals surface area contributed by atoms with Crippen molar-refractivity contribution in [1.29, 1.82) is 0 Å². The fourth-order valence-electron chi connectivity index (χ4n) is 4.34. The molecule has 0 bridgehead atoms. The van der Waals surface area contributed by atoms with Crippen molar-refractivity contribution >= 4 is 40.8 Å². The van der Waals surface area contributed by atoms with Crippen molar-refractivity contribution in [2.75, 3.05) is 23.8 Å². The van der Waals surface area contributed by atoms with Crippen LogP contribution in [0.15, 0.2) is 57.9 Å². The van der Waals surface area contributed by atoms with E-state index in [2.05, 4.69) is 41.9 Å². The first-order valence-corrected chi connectivity index (χ1v) is 12.9. The molecule has 40 heavy (non-hydrogen) atoms. The van der Waals surface area contributed by atoms with E-state index in [1.165, 1.54) is 5.56 Å². The number of imide groups is 1. The van der Waals surface area contributed by atoms with E-state index < -0.39 is 11.8 Å². The van der Waals surface area contributed by atoms with E-state index in [0.29, 0.717) is 34.7 Å². The first-order valence-electron chi connectivity index (χ1n) is 12.9. The molecule has 0 fully saturated rings. The fourth-order valence-corrected chi connectivity index (χ4v) is 4.34. The minimum Gasteiger partial charge on any atom is -0.324 e. The van der Waals surface area contributed by atoms with E-state index in [9.17, 15) is 9.59 Å². The second-order valence-corrected chi connectivity index (χ2v) is 9.60. The number of likely N-dealkylation sites (N-methyl/N-ethyl adjacent to an activating group) is 1. The summed E-state index contributed by atoms with van der Waals surface area (Å²) in [5.74, 6) is 4.97. The highest BCUT2D eigenvalue weighted by atomic mass is 16.6. The molecule has 12 nitrogen and oxygen atoms in total. The van der Waals surface area contributed by atoms with Crippen LogP contribution in [0.5, 0.6) is 0 Å². The van der Waals surface area contributed by atoms with Crippen molar-refractivity contribution in [2.45, 2.75) is 41.5 Å². The van der Waals surface area contributed by atoms with Crippen LogP contribution in [0.2, 0.25) is 0 Å². The van der Waals surface area contributed by atoms with Gasteiger partial charge in [-0.1, -0.05) is 23.8 Å². The van der Waals surface area contributed by atoms with Crippen LogP contribution < -0.4 is 16.5 Å². The van der Waals surface area contributed by atoms with Crippen molar-refractivity contribution in [3.8, 4) is 0 Å². The normalized spacial score (nSPS) is 15.8. The Balaban J connectivity index is 1.59. The molecule has 1 aromatic heterocycles. The Hall–Kier alpha value is -4.55. The van der Waals surface area contributed by atoms with Crippen molar-refractivity contribution < 1.29 is 14.4 Å². The number of aromatic nitrogens is 3. The summed E-state index contributed by atoms with van der Waals surface area (Å²) in [6.45, 7) is 11.3. The third kappa shape index (κ3) is 6.19. The zero-order chi connectivity index (χ0) is 29.0. The average Bonchev–Trinajstić information content (AvgIpc) is 2.90. The summed E-state index contributed by atoms with van der Waals surface area (Å²) in [5, 5.41) is 15.1. The standard InChI is InChI=1S/C28H33N9O3/c1-7-37-25(38)21(14-40-29)18(5)24(26(37)39)36-35-23-13-20(10-9-16(23)3)32-27-30-19(6)31-28(34-27)33-22-11-8-15(2)12-17(22)4/h8-13,21H,7,14,29H2,1-6H3,(H2,30,31,32,33,34). The van der Waals surface area contributed by atoms with E-state index >= 15 is 0 Å². The molecule has 0 saturated heterocycles. The maximum atomic E-state index is 13.0. The number of rotatable bonds is 9. The number of amides is 2. The Morgan fingerprint density at radius 3 is 2.33 bits per heavy atom. The molecule has 2 aromatic carbocycles. The molecule has 2 amide bonds. The van der Waals surface area contributed by atoms with Crippen molar-refractivity contribution in [3.05, 3.63) is 70.2 Å². The van der Waals surface area contributed by atoms with E-state index in [1.54, 1.807) is 26.8 Å². The highest BCUT2D eigenvalue weighted by Gasteiger charge is 2.38. The van der Waals surface area contributed by atoms with Crippen LogP contribution in [0.3, 0.4) is 0 Å². The summed E-state index contributed by atoms with van der Waals surface area (Å²) in [6, 6.07) is 11.6. The lowest BCUT2D eigenvalue weighted by Gasteiger charge is -2.30. The Kier molecular flexibility index (Phi) is 8.61. The molecule has 3 aromatic rings. The molecule has 2 heterocycles. The van der Waals surface area contributed by atoms with Gasteiger partial charge < -0.3 is 15.5 Å². The van der Waals surface area contributed by atoms with Gasteiger partial charge in [-0.2, -0.15) is 20.1 Å². The fraction of sp³-hybridized carbons (Fsp3) is 0.321. The molecule has 1 aliphatic heterocycles. The Bertz CT molecular complexity index is 1520. The lowest BCUT2D eigenvalue weighted by atomic mass is 9.93. The summed E-state index contributed by atoms with van der Waals surface area (Å²) < 4.78 is 0. The molecule has 0 spiro atoms. The van der Waals surface area contributed by atoms with Crippen molar-refractivity contribution in [3.63, 3.8) is 0 Å². The second-order valence-electron chi connectivity index (χ2n) is 9.60. The first-order chi connectivity index (χ1) is 19.1. The molecule has 4 rings (SSSR count). The molecule has 4 N–H and O–H groups in total. The van der Waals surface area contributed by atoms with E-state index in [-0.39, 0.29) is 24.8 Å². The number of carbonyl (C=O) groups excluding carboxylic acids is 2. The maximum Gasteiger partial charge on any atom is 0.280 e. The van der Waals surface area contributed by atoms with Crippen LogP contribution >= 0.6 is 0 Å². The molecule has 1 unspecified atom stereocenters. The predicted molar refractivity (Wildman–Crippen MR) is 151 cm³/mol. The van der Waals surface area contributed by atoms with Gasteiger partial charge in [-0.25, -0.2) is 5.90 Å². The number of anilines is 4. The zero-order valence-corrected chi connectivity index (χ0v) is 23.4. The van der Waals surface area contributed by atoms with Gasteiger partial charge >= 0.3 is 0 Å². The Labute approximate surface area is 232 Å². The number of aryl methyl sites for hydroxylation is 4. The number of hydrogen-bond acceptors (Lipinski definition) is 11. The minimum absolute atomic E-state index is 0.0580. The summed E-state index contributed by atoms with van der Waals surface area (Å²) in [4.78, 5) is 44.8. The molecule has 0 radical (unpaired) electrons. The summed E-state index contributed by atoms with van der Waals surface area (Å²) in [5.41, 5.74) is 5.75. The molecule has 1 aliphatic rings. The van der Waals surface area contributed by atoms with Crippen molar-refractivity contribution in [2.24, 2.45) is 22.0 Å². The van der Waals surface area contributed by atoms with Crippen LogP contribution in [0.4, 0.5) is 29.0 Å². The van der Waals surface area contributed by atoms with Gasteiger partial charge in [0.05, 0.1) is 18.2 Å². The topological polar surface area (TPSA) is 160 Å². The summed E-state index contributed by atoms with van der Waals surface area (Å²) in [6.07, 6.45) is 0. The number of hydrogen-bond donors (Lipinski definition) is 3. The average molecular weight is 544 g/mol. The predicted octanol–water partition coefficient (Wildman–Crippen LogP) is 4.85. The van der Waals surface area contributed by atoms with Crippen LogP contribution in [0, 0.1) is 33.6 Å². The van der Waals surface area contributed by atoms with Gasteiger partial charge in [-0.15, -0.1) is 5.11 Å². The van der Waals surface area contributed by atoms with Gasteiger partial charge in [0, 0.05) is 17.9 Å². The second kappa shape index (κ2) is 12.1. The highest BCUT2D eigenvalue weighted by Crippen LogP contribution is 2.30. The number of nitrogens with two attached hydrogens (primary N) is 1. The number of carbonyl (C=O) groups is 2. The number of benzene rings is 2. The van der Waals surface area contributed by atoms with Crippen LogP contribution in [-0.2, 0) is 14.4 Å². The summed E-state index contributed by atoms with van der Waals surface area (Å²) in [7, 11) is 0. The smallest absolute Gasteiger partial charge is 0.280 e. The third-order valence-electron chi connectivity index (χ3n) is 6.59. The van der Waals surface area contributed by atoms with Crippen LogP contribution in [0.1, 0.15) is 36.4 Å². The lowest BCUT2D eigenvalue weighted by molar-refractivity contribution is -0.147. The molecule has 1 atom stereocenters. The number of azo groups is 1. The van der Waals surface area contributed by atoms with Gasteiger partial charge in [-0.3, -0.25) is 14.5 Å². The molecule has 0 saturated carbocycles. The van der Waals surface area contributed by atoms with E-state index in [0.717, 1.165) is 21.7 Å². The highest BCUT2D eigenvalue weighted by molar-refractivity contribution is 6.09. The van der Waals surface area contributed by atoms with Gasteiger partial charge in [0.15, 0.2) is 5.70 Å². The zero-order valence-electron chi connectivity index (χ0n) is 23.4. The van der Waals surface area contributed by atoms with Gasteiger partial charge in [0.25, 0.3) is 5.91 Å². The van der Waals surface area contributed by atoms with Crippen molar-refractivity contribution in [1.82, 2.24) is 19.9 Å².